The average Bonchev–Trinajstić information content (AvgIpc) is 2.29. The van der Waals surface area contributed by atoms with Crippen molar-refractivity contribution < 1.29 is 18.3 Å². The van der Waals surface area contributed by atoms with Crippen LogP contribution < -0.4 is 10.1 Å². The van der Waals surface area contributed by atoms with E-state index in [1.54, 1.807) is 6.26 Å². The van der Waals surface area contributed by atoms with Crippen LogP contribution in [0.1, 0.15) is 5.56 Å². The van der Waals surface area contributed by atoms with Crippen LogP contribution in [0.2, 0.25) is 5.02 Å². The Bertz CT molecular complexity index is 418. The van der Waals surface area contributed by atoms with Gasteiger partial charge >= 0.3 is 6.61 Å². The zero-order valence-corrected chi connectivity index (χ0v) is 11.2. The van der Waals surface area contributed by atoms with E-state index in [0.29, 0.717) is 16.3 Å². The summed E-state index contributed by atoms with van der Waals surface area (Å²) < 4.78 is 28.7. The van der Waals surface area contributed by atoms with Crippen LogP contribution in [-0.2, 0) is 11.3 Å². The molecular weight excluding hydrogens is 284 g/mol. The number of hydrogen-bond acceptors (Lipinski definition) is 3. The lowest BCUT2D eigenvalue weighted by atomic mass is 10.2. The zero-order valence-electron chi connectivity index (χ0n) is 9.58. The monoisotopic (exact) mass is 295 g/mol. The zero-order chi connectivity index (χ0) is 13.5. The minimum Gasteiger partial charge on any atom is -0.434 e. The third-order valence-corrected chi connectivity index (χ3v) is 2.78. The van der Waals surface area contributed by atoms with Crippen LogP contribution in [0, 0.1) is 0 Å². The number of benzene rings is 1. The van der Waals surface area contributed by atoms with Crippen LogP contribution in [0.3, 0.4) is 0 Å². The van der Waals surface area contributed by atoms with Crippen LogP contribution >= 0.6 is 23.4 Å². The second-order valence-electron chi connectivity index (χ2n) is 3.34. The fourth-order valence-electron chi connectivity index (χ4n) is 1.27. The van der Waals surface area contributed by atoms with E-state index >= 15 is 0 Å². The molecule has 7 heteroatoms. The Balaban J connectivity index is 2.72. The molecule has 0 spiro atoms. The number of nitrogens with one attached hydrogen (secondary N) is 1. The maximum atomic E-state index is 12.2. The van der Waals surface area contributed by atoms with E-state index in [0.717, 1.165) is 0 Å². The molecule has 0 aromatic heterocycles. The minimum absolute atomic E-state index is 0.0128. The van der Waals surface area contributed by atoms with Crippen LogP contribution in [-0.4, -0.2) is 24.5 Å². The highest BCUT2D eigenvalue weighted by molar-refractivity contribution is 7.99. The van der Waals surface area contributed by atoms with Crippen molar-refractivity contribution in [1.82, 2.24) is 5.32 Å². The summed E-state index contributed by atoms with van der Waals surface area (Å²) >= 11 is 7.14. The number of halogens is 3. The third kappa shape index (κ3) is 5.10. The Morgan fingerprint density at radius 2 is 2.28 bits per heavy atom. The molecule has 0 atom stereocenters. The van der Waals surface area contributed by atoms with E-state index in [4.69, 9.17) is 11.6 Å². The van der Waals surface area contributed by atoms with Gasteiger partial charge in [0.25, 0.3) is 0 Å². The normalized spacial score (nSPS) is 10.5. The van der Waals surface area contributed by atoms with Crippen molar-refractivity contribution in [1.29, 1.82) is 0 Å². The van der Waals surface area contributed by atoms with Gasteiger partial charge in [0.2, 0.25) is 5.91 Å². The number of carbonyl (C=O) groups is 1. The maximum absolute atomic E-state index is 12.2. The van der Waals surface area contributed by atoms with Crippen molar-refractivity contribution in [3.05, 3.63) is 28.8 Å². The topological polar surface area (TPSA) is 38.3 Å². The number of rotatable bonds is 6. The molecule has 3 nitrogen and oxygen atoms in total. The maximum Gasteiger partial charge on any atom is 0.387 e. The van der Waals surface area contributed by atoms with Gasteiger partial charge in [-0.1, -0.05) is 11.6 Å². The first-order chi connectivity index (χ1) is 8.52. The van der Waals surface area contributed by atoms with Gasteiger partial charge in [-0.2, -0.15) is 20.5 Å². The molecule has 1 rings (SSSR count). The number of thioether (sulfide) groups is 1. The van der Waals surface area contributed by atoms with Crippen molar-refractivity contribution in [2.75, 3.05) is 12.0 Å². The lowest BCUT2D eigenvalue weighted by Crippen LogP contribution is -2.24. The molecule has 1 N–H and O–H groups in total. The highest BCUT2D eigenvalue weighted by Gasteiger charge is 2.11. The van der Waals surface area contributed by atoms with Gasteiger partial charge in [-0.3, -0.25) is 4.79 Å². The molecule has 18 heavy (non-hydrogen) atoms. The highest BCUT2D eigenvalue weighted by Crippen LogP contribution is 2.24. The van der Waals surface area contributed by atoms with Gasteiger partial charge in [0.05, 0.1) is 5.75 Å². The molecule has 0 saturated heterocycles. The van der Waals surface area contributed by atoms with E-state index < -0.39 is 6.61 Å². The average molecular weight is 296 g/mol. The van der Waals surface area contributed by atoms with Crippen molar-refractivity contribution in [3.8, 4) is 5.75 Å². The van der Waals surface area contributed by atoms with Crippen molar-refractivity contribution in [2.45, 2.75) is 13.2 Å². The molecule has 1 aromatic carbocycles. The summed E-state index contributed by atoms with van der Waals surface area (Å²) in [6.45, 7) is -2.81. The number of alkyl halides is 2. The smallest absolute Gasteiger partial charge is 0.387 e. The lowest BCUT2D eigenvalue weighted by Gasteiger charge is -2.11. The standard InChI is InChI=1S/C11H12ClF2NO2S/c1-18-6-10(16)15-5-7-4-8(12)2-3-9(7)17-11(13)14/h2-4,11H,5-6H2,1H3,(H,15,16). The SMILES string of the molecule is CSCC(=O)NCc1cc(Cl)ccc1OC(F)F. The Kier molecular flexibility index (Phi) is 6.21. The second kappa shape index (κ2) is 7.43. The quantitative estimate of drug-likeness (QED) is 0.877. The van der Waals surface area contributed by atoms with Crippen molar-refractivity contribution >= 4 is 29.3 Å². The van der Waals surface area contributed by atoms with Gasteiger partial charge in [-0.25, -0.2) is 0 Å². The summed E-state index contributed by atoms with van der Waals surface area (Å²) in [7, 11) is 0. The largest absolute Gasteiger partial charge is 0.434 e. The molecule has 0 saturated carbocycles. The minimum atomic E-state index is -2.91. The van der Waals surface area contributed by atoms with Gasteiger partial charge in [0.1, 0.15) is 5.75 Å². The van der Waals surface area contributed by atoms with Crippen LogP contribution in [0.25, 0.3) is 0 Å². The molecule has 0 bridgehead atoms. The third-order valence-electron chi connectivity index (χ3n) is 1.99. The van der Waals surface area contributed by atoms with Crippen LogP contribution in [0.4, 0.5) is 8.78 Å². The first kappa shape index (κ1) is 15.0. The molecular formula is C11H12ClF2NO2S. The number of carbonyl (C=O) groups excluding carboxylic acids is 1. The summed E-state index contributed by atoms with van der Waals surface area (Å²) in [6, 6.07) is 4.29. The fraction of sp³-hybridized carbons (Fsp3) is 0.364. The summed E-state index contributed by atoms with van der Waals surface area (Å²) in [4.78, 5) is 11.3. The molecule has 1 amide bonds. The Hall–Kier alpha value is -1.01. The molecule has 0 fully saturated rings. The van der Waals surface area contributed by atoms with E-state index in [9.17, 15) is 13.6 Å². The lowest BCUT2D eigenvalue weighted by molar-refractivity contribution is -0.118. The van der Waals surface area contributed by atoms with Crippen molar-refractivity contribution in [3.63, 3.8) is 0 Å². The first-order valence-electron chi connectivity index (χ1n) is 5.01. The number of amides is 1. The van der Waals surface area contributed by atoms with Gasteiger partial charge in [0.15, 0.2) is 0 Å². The highest BCUT2D eigenvalue weighted by atomic mass is 35.5. The number of ether oxygens (including phenoxy) is 1. The van der Waals surface area contributed by atoms with Crippen LogP contribution in [0.15, 0.2) is 18.2 Å². The predicted molar refractivity (Wildman–Crippen MR) is 68.3 cm³/mol. The Morgan fingerprint density at radius 3 is 2.89 bits per heavy atom. The second-order valence-corrected chi connectivity index (χ2v) is 4.64. The van der Waals surface area contributed by atoms with Crippen molar-refractivity contribution in [2.24, 2.45) is 0 Å². The van der Waals surface area contributed by atoms with Gasteiger partial charge < -0.3 is 10.1 Å². The number of hydrogen-bond donors (Lipinski definition) is 1. The first-order valence-corrected chi connectivity index (χ1v) is 6.79. The fourth-order valence-corrected chi connectivity index (χ4v) is 1.83. The van der Waals surface area contributed by atoms with E-state index in [2.05, 4.69) is 10.1 Å². The molecule has 1 aromatic rings. The van der Waals surface area contributed by atoms with Gasteiger partial charge in [-0.15, -0.1) is 0 Å². The van der Waals surface area contributed by atoms with Crippen LogP contribution in [0.5, 0.6) is 5.75 Å². The summed E-state index contributed by atoms with van der Waals surface area (Å²) in [5, 5.41) is 2.99. The molecule has 0 aliphatic carbocycles. The van der Waals surface area contributed by atoms with E-state index in [1.165, 1.54) is 30.0 Å². The summed E-state index contributed by atoms with van der Waals surface area (Å²) in [5.41, 5.74) is 0.414. The molecule has 0 aliphatic heterocycles. The Labute approximate surface area is 113 Å². The molecule has 0 heterocycles. The van der Waals surface area contributed by atoms with E-state index in [-0.39, 0.29) is 18.2 Å². The summed E-state index contributed by atoms with van der Waals surface area (Å²) in [5.74, 6) is 0.148. The molecule has 0 aliphatic rings. The molecule has 100 valence electrons. The Morgan fingerprint density at radius 1 is 1.56 bits per heavy atom. The molecule has 0 unspecified atom stereocenters. The van der Waals surface area contributed by atoms with Gasteiger partial charge in [0, 0.05) is 17.1 Å². The van der Waals surface area contributed by atoms with E-state index in [1.807, 2.05) is 0 Å². The van der Waals surface area contributed by atoms with Gasteiger partial charge in [-0.05, 0) is 24.5 Å². The molecule has 0 radical (unpaired) electrons. The predicted octanol–water partition coefficient (Wildman–Crippen LogP) is 2.92. The summed E-state index contributed by atoms with van der Waals surface area (Å²) in [6.07, 6.45) is 1.80.